The van der Waals surface area contributed by atoms with Gasteiger partial charge in [-0.15, -0.1) is 0 Å². The van der Waals surface area contributed by atoms with Gasteiger partial charge >= 0.3 is 15.8 Å². The summed E-state index contributed by atoms with van der Waals surface area (Å²) >= 11 is 9.28. The number of nitrogens with zero attached hydrogens (tertiary/aromatic N) is 5. The van der Waals surface area contributed by atoms with Crippen LogP contribution in [0.5, 0.6) is 0 Å². The fourth-order valence-electron chi connectivity index (χ4n) is 6.18. The molecule has 0 bridgehead atoms. The van der Waals surface area contributed by atoms with Crippen molar-refractivity contribution in [1.82, 2.24) is 34.4 Å². The smallest absolute Gasteiger partial charge is 0.394 e. The fraction of sp³-hybridized carbons (Fsp3) is 0.278. The number of anilines is 3. The number of aliphatic hydroxyl groups excluding tert-OH is 3. The molecule has 0 radical (unpaired) electrons. The molecule has 1 fully saturated rings. The van der Waals surface area contributed by atoms with E-state index in [0.29, 0.717) is 38.9 Å². The fourth-order valence-corrected chi connectivity index (χ4v) is 8.20. The van der Waals surface area contributed by atoms with E-state index in [1.807, 2.05) is 0 Å². The number of thioether (sulfide) groups is 1. The van der Waals surface area contributed by atoms with Crippen LogP contribution in [0.15, 0.2) is 82.6 Å². The third kappa shape index (κ3) is 11.1. The van der Waals surface area contributed by atoms with Crippen LogP contribution in [0, 0.1) is 5.82 Å². The Labute approximate surface area is 361 Å². The first-order chi connectivity index (χ1) is 28.9. The first-order valence-electron chi connectivity index (χ1n) is 17.7. The molecule has 6 aromatic rings. The third-order valence-corrected chi connectivity index (χ3v) is 11.6. The van der Waals surface area contributed by atoms with Gasteiger partial charge in [0.2, 0.25) is 0 Å². The molecule has 1 amide bonds. The second-order valence-corrected chi connectivity index (χ2v) is 17.0. The second kappa shape index (κ2) is 19.2. The standard InChI is InChI=1S/C19H20F3N5O5S2.C17H15BrClFN4O3/c1-32-34(30,31)26-14-8-13(17(28)18(14)29)24-15-5-6-23-16-9-12(25-27(15)16)10-3-2-4-11(7-10)33-19(20,21)22;1-24-8-21-16-13(24)7-10(17(26)23-27-5-4-25)15(14(16)20)22-12-3-2-9(18)6-11(12)19/h2-7,9,13-14,17-18,24,26,28-29H,8H2,1H3;2-3,6-8,22,25H,4-5H2,1H3,(H,23,26). The molecule has 3 aromatic heterocycles. The molecule has 25 heteroatoms. The van der Waals surface area contributed by atoms with Crippen molar-refractivity contribution in [3.8, 4) is 11.3 Å². The highest BCUT2D eigenvalue weighted by molar-refractivity contribution is 9.10. The summed E-state index contributed by atoms with van der Waals surface area (Å²) in [5, 5.41) is 40.1. The lowest BCUT2D eigenvalue weighted by Gasteiger charge is -2.19. The number of carbonyl (C=O) groups excluding carboxylic acids is 1. The SMILES string of the molecule is COS(=O)(=O)NC1CC(Nc2ccnc3cc(-c4cccc(SC(F)(F)F)c4)nn23)C(O)C1O.Cn1cnc2c(F)c(Nc3ccc(Br)cc3Cl)c(C(=O)NOCCO)cc21. The van der Waals surface area contributed by atoms with E-state index in [9.17, 15) is 36.6 Å². The molecule has 17 nitrogen and oxygen atoms in total. The number of hydrogen-bond acceptors (Lipinski definition) is 14. The zero-order valence-electron chi connectivity index (χ0n) is 31.6. The normalized spacial score (nSPS) is 18.0. The van der Waals surface area contributed by atoms with E-state index in [2.05, 4.69) is 56.0 Å². The number of imidazole rings is 1. The van der Waals surface area contributed by atoms with Crippen molar-refractivity contribution >= 4 is 89.4 Å². The Morgan fingerprint density at radius 3 is 2.54 bits per heavy atom. The van der Waals surface area contributed by atoms with Crippen LogP contribution in [0.1, 0.15) is 16.8 Å². The number of rotatable bonds is 13. The van der Waals surface area contributed by atoms with Crippen LogP contribution in [0.25, 0.3) is 27.9 Å². The molecule has 4 unspecified atom stereocenters. The van der Waals surface area contributed by atoms with Crippen LogP contribution < -0.4 is 20.8 Å². The monoisotopic (exact) mass is 975 g/mol. The van der Waals surface area contributed by atoms with Crippen LogP contribution in [0.4, 0.5) is 34.8 Å². The summed E-state index contributed by atoms with van der Waals surface area (Å²) in [5.41, 5.74) is -0.141. The lowest BCUT2D eigenvalue weighted by molar-refractivity contribution is -0.0328. The van der Waals surface area contributed by atoms with Crippen molar-refractivity contribution in [2.75, 3.05) is 31.0 Å². The summed E-state index contributed by atoms with van der Waals surface area (Å²) in [4.78, 5) is 25.6. The Hall–Kier alpha value is -4.63. The van der Waals surface area contributed by atoms with Gasteiger partial charge in [-0.25, -0.2) is 19.8 Å². The Morgan fingerprint density at radius 2 is 1.84 bits per heavy atom. The summed E-state index contributed by atoms with van der Waals surface area (Å²) in [5.74, 6) is -0.996. The zero-order chi connectivity index (χ0) is 44.2. The second-order valence-electron chi connectivity index (χ2n) is 13.1. The molecule has 0 aliphatic heterocycles. The van der Waals surface area contributed by atoms with E-state index in [-0.39, 0.29) is 53.1 Å². The molecule has 3 aromatic carbocycles. The van der Waals surface area contributed by atoms with Crippen molar-refractivity contribution in [3.63, 3.8) is 0 Å². The summed E-state index contributed by atoms with van der Waals surface area (Å²) in [6.07, 6.45) is 0.274. The molecule has 7 rings (SSSR count). The number of nitrogens with one attached hydrogen (secondary N) is 4. The average Bonchev–Trinajstić information content (AvgIpc) is 3.89. The molecule has 1 saturated carbocycles. The van der Waals surface area contributed by atoms with Gasteiger partial charge < -0.3 is 30.5 Å². The number of aliphatic hydroxyl groups is 3. The van der Waals surface area contributed by atoms with E-state index in [4.69, 9.17) is 21.5 Å². The van der Waals surface area contributed by atoms with Gasteiger partial charge in [0.05, 0.1) is 78.0 Å². The average molecular weight is 977 g/mol. The third-order valence-electron chi connectivity index (χ3n) is 9.01. The number of hydrogen-bond donors (Lipinski definition) is 7. The van der Waals surface area contributed by atoms with Gasteiger partial charge in [-0.2, -0.15) is 35.9 Å². The van der Waals surface area contributed by atoms with Crippen molar-refractivity contribution in [2.45, 2.75) is 41.1 Å². The Balaban J connectivity index is 0.000000210. The van der Waals surface area contributed by atoms with Crippen molar-refractivity contribution in [1.29, 1.82) is 0 Å². The first-order valence-corrected chi connectivity index (χ1v) is 21.1. The molecule has 0 spiro atoms. The van der Waals surface area contributed by atoms with Gasteiger partial charge in [0, 0.05) is 34.2 Å². The number of alkyl halides is 3. The maximum Gasteiger partial charge on any atom is 0.446 e. The molecule has 61 heavy (non-hydrogen) atoms. The summed E-state index contributed by atoms with van der Waals surface area (Å²) < 4.78 is 86.9. The highest BCUT2D eigenvalue weighted by Gasteiger charge is 2.43. The Bertz CT molecular complexity index is 2660. The largest absolute Gasteiger partial charge is 0.446 e. The number of aryl methyl sites for hydroxylation is 1. The molecule has 0 saturated heterocycles. The summed E-state index contributed by atoms with van der Waals surface area (Å²) in [6, 6.07) is 13.8. The minimum absolute atomic E-state index is 0.000486. The highest BCUT2D eigenvalue weighted by Crippen LogP contribution is 2.38. The number of benzene rings is 3. The van der Waals surface area contributed by atoms with E-state index in [1.54, 1.807) is 48.0 Å². The van der Waals surface area contributed by atoms with E-state index < -0.39 is 51.8 Å². The van der Waals surface area contributed by atoms with Gasteiger partial charge in [0.1, 0.15) is 17.4 Å². The number of carbonyl (C=O) groups is 1. The number of aromatic nitrogens is 5. The number of hydroxylamine groups is 1. The predicted octanol–water partition coefficient (Wildman–Crippen LogP) is 5.29. The molecule has 4 atom stereocenters. The van der Waals surface area contributed by atoms with E-state index >= 15 is 4.39 Å². The van der Waals surface area contributed by atoms with Crippen molar-refractivity contribution < 1.29 is 55.1 Å². The van der Waals surface area contributed by atoms with Gasteiger partial charge in [0.25, 0.3) is 5.91 Å². The maximum absolute atomic E-state index is 15.1. The quantitative estimate of drug-likeness (QED) is 0.0338. The number of halogens is 6. The van der Waals surface area contributed by atoms with Crippen molar-refractivity contribution in [3.05, 3.63) is 94.1 Å². The summed E-state index contributed by atoms with van der Waals surface area (Å²) in [7, 11) is -1.42. The predicted molar refractivity (Wildman–Crippen MR) is 221 cm³/mol. The topological polar surface area (TPSA) is 226 Å². The van der Waals surface area contributed by atoms with Crippen LogP contribution in [0.2, 0.25) is 5.02 Å². The first kappa shape index (κ1) is 45.9. The van der Waals surface area contributed by atoms with Crippen LogP contribution in [0.3, 0.4) is 0 Å². The zero-order valence-corrected chi connectivity index (χ0v) is 35.5. The van der Waals surface area contributed by atoms with Gasteiger partial charge in [0.15, 0.2) is 11.5 Å². The van der Waals surface area contributed by atoms with Gasteiger partial charge in [-0.1, -0.05) is 39.7 Å². The Morgan fingerprint density at radius 1 is 1.08 bits per heavy atom. The van der Waals surface area contributed by atoms with Crippen LogP contribution >= 0.6 is 39.3 Å². The van der Waals surface area contributed by atoms with E-state index in [1.165, 1.54) is 41.3 Å². The number of fused-ring (bicyclic) bond motifs is 2. The molecule has 7 N–H and O–H groups in total. The minimum atomic E-state index is -4.42. The molecular weight excluding hydrogens is 942 g/mol. The maximum atomic E-state index is 15.1. The lowest BCUT2D eigenvalue weighted by atomic mass is 10.1. The van der Waals surface area contributed by atoms with Crippen molar-refractivity contribution in [2.24, 2.45) is 7.05 Å². The molecule has 1 aliphatic rings. The molecule has 3 heterocycles. The number of amides is 1. The highest BCUT2D eigenvalue weighted by atomic mass is 79.9. The van der Waals surface area contributed by atoms with E-state index in [0.717, 1.165) is 11.6 Å². The Kier molecular flexibility index (Phi) is 14.4. The van der Waals surface area contributed by atoms with Gasteiger partial charge in [-0.3, -0.25) is 13.8 Å². The van der Waals surface area contributed by atoms with Gasteiger partial charge in [-0.05, 0) is 60.6 Å². The summed E-state index contributed by atoms with van der Waals surface area (Å²) in [6.45, 7) is -0.363. The lowest BCUT2D eigenvalue weighted by Crippen LogP contribution is -2.43. The van der Waals surface area contributed by atoms with Crippen LogP contribution in [-0.2, 0) is 26.4 Å². The minimum Gasteiger partial charge on any atom is -0.394 e. The molecular formula is C36H35BrClF4N9O8S2. The molecule has 1 aliphatic carbocycles. The molecule has 326 valence electrons. The van der Waals surface area contributed by atoms with Crippen LogP contribution in [-0.4, -0.2) is 104 Å².